The second-order valence-electron chi connectivity index (χ2n) is 3.83. The first-order valence-corrected chi connectivity index (χ1v) is 6.68. The van der Waals surface area contributed by atoms with Gasteiger partial charge in [-0.25, -0.2) is 0 Å². The fourth-order valence-corrected chi connectivity index (χ4v) is 3.03. The lowest BCUT2D eigenvalue weighted by Crippen LogP contribution is -2.00. The van der Waals surface area contributed by atoms with Gasteiger partial charge in [0.15, 0.2) is 0 Å². The average molecular weight is 273 g/mol. The molecule has 1 aromatic heterocycles. The lowest BCUT2D eigenvalue weighted by molar-refractivity contribution is -0.120. The molecule has 0 bridgehead atoms. The summed E-state index contributed by atoms with van der Waals surface area (Å²) < 4.78 is 1.16. The Hall–Kier alpha value is -0.150. The molecular formula is C11H13BrOS. The molecule has 0 spiro atoms. The predicted molar refractivity (Wildman–Crippen MR) is 62.7 cm³/mol. The zero-order valence-corrected chi connectivity index (χ0v) is 10.4. The highest BCUT2D eigenvalue weighted by molar-refractivity contribution is 9.10. The fraction of sp³-hybridized carbons (Fsp3) is 0.545. The van der Waals surface area contributed by atoms with Crippen molar-refractivity contribution in [3.05, 3.63) is 20.8 Å². The van der Waals surface area contributed by atoms with E-state index >= 15 is 0 Å². The van der Waals surface area contributed by atoms with Crippen LogP contribution in [-0.4, -0.2) is 5.78 Å². The third kappa shape index (κ3) is 2.92. The van der Waals surface area contributed by atoms with Crippen molar-refractivity contribution in [3.8, 4) is 0 Å². The maximum absolute atomic E-state index is 11.4. The van der Waals surface area contributed by atoms with Crippen molar-refractivity contribution in [1.29, 1.82) is 0 Å². The van der Waals surface area contributed by atoms with Gasteiger partial charge in [0.1, 0.15) is 5.78 Å². The number of hydrogen-bond acceptors (Lipinski definition) is 2. The fourth-order valence-electron chi connectivity index (χ4n) is 1.53. The number of aryl methyl sites for hydroxylation is 1. The first-order valence-electron chi connectivity index (χ1n) is 5.01. The van der Waals surface area contributed by atoms with Crippen molar-refractivity contribution >= 4 is 33.0 Å². The van der Waals surface area contributed by atoms with Crippen LogP contribution in [0.15, 0.2) is 15.9 Å². The molecule has 76 valence electrons. The van der Waals surface area contributed by atoms with Crippen molar-refractivity contribution in [2.24, 2.45) is 5.92 Å². The zero-order chi connectivity index (χ0) is 9.97. The molecule has 1 fully saturated rings. The van der Waals surface area contributed by atoms with Gasteiger partial charge in [-0.3, -0.25) is 4.79 Å². The van der Waals surface area contributed by atoms with Crippen LogP contribution in [0.2, 0.25) is 0 Å². The lowest BCUT2D eigenvalue weighted by atomic mass is 10.1. The summed E-state index contributed by atoms with van der Waals surface area (Å²) in [7, 11) is 0. The monoisotopic (exact) mass is 272 g/mol. The molecule has 0 radical (unpaired) electrons. The van der Waals surface area contributed by atoms with Gasteiger partial charge in [-0.1, -0.05) is 0 Å². The molecular weight excluding hydrogens is 260 g/mol. The minimum atomic E-state index is 0.435. The van der Waals surface area contributed by atoms with Gasteiger partial charge in [0.25, 0.3) is 0 Å². The Kier molecular flexibility index (Phi) is 3.39. The molecule has 1 aliphatic rings. The highest BCUT2D eigenvalue weighted by Crippen LogP contribution is 2.31. The Morgan fingerprint density at radius 3 is 2.93 bits per heavy atom. The second-order valence-corrected chi connectivity index (χ2v) is 5.74. The third-order valence-electron chi connectivity index (χ3n) is 2.50. The van der Waals surface area contributed by atoms with E-state index in [0.29, 0.717) is 11.7 Å². The number of carbonyl (C=O) groups excluding carboxylic acids is 1. The predicted octanol–water partition coefficient (Wildman–Crippen LogP) is 3.81. The molecule has 0 unspecified atom stereocenters. The van der Waals surface area contributed by atoms with Gasteiger partial charge in [-0.15, -0.1) is 11.3 Å². The Bertz CT molecular complexity index is 328. The van der Waals surface area contributed by atoms with Gasteiger partial charge < -0.3 is 0 Å². The van der Waals surface area contributed by atoms with Gasteiger partial charge in [0, 0.05) is 27.1 Å². The van der Waals surface area contributed by atoms with Crippen LogP contribution in [0.1, 0.15) is 30.6 Å². The molecule has 1 saturated carbocycles. The van der Waals surface area contributed by atoms with E-state index in [-0.39, 0.29) is 0 Å². The number of halogens is 1. The summed E-state index contributed by atoms with van der Waals surface area (Å²) in [4.78, 5) is 12.8. The largest absolute Gasteiger partial charge is 0.299 e. The van der Waals surface area contributed by atoms with Crippen LogP contribution in [0.4, 0.5) is 0 Å². The van der Waals surface area contributed by atoms with Crippen LogP contribution in [-0.2, 0) is 11.2 Å². The molecule has 0 aromatic carbocycles. The highest BCUT2D eigenvalue weighted by atomic mass is 79.9. The molecule has 0 aliphatic heterocycles. The van der Waals surface area contributed by atoms with E-state index in [1.807, 2.05) is 0 Å². The van der Waals surface area contributed by atoms with E-state index in [9.17, 15) is 4.79 Å². The van der Waals surface area contributed by atoms with Crippen LogP contribution in [0.25, 0.3) is 0 Å². The molecule has 0 N–H and O–H groups in total. The molecule has 1 aliphatic carbocycles. The lowest BCUT2D eigenvalue weighted by Gasteiger charge is -1.97. The van der Waals surface area contributed by atoms with Gasteiger partial charge >= 0.3 is 0 Å². The molecule has 0 saturated heterocycles. The van der Waals surface area contributed by atoms with E-state index in [1.165, 1.54) is 4.88 Å². The van der Waals surface area contributed by atoms with Crippen LogP contribution < -0.4 is 0 Å². The summed E-state index contributed by atoms with van der Waals surface area (Å²) in [6, 6.07) is 2.15. The summed E-state index contributed by atoms with van der Waals surface area (Å²) in [6.45, 7) is 0. The smallest absolute Gasteiger partial charge is 0.135 e. The van der Waals surface area contributed by atoms with Crippen LogP contribution in [0, 0.1) is 5.92 Å². The molecule has 0 atom stereocenters. The maximum atomic E-state index is 11.4. The first-order chi connectivity index (χ1) is 6.75. The quantitative estimate of drug-likeness (QED) is 0.797. The number of carbonyl (C=O) groups is 1. The SMILES string of the molecule is O=C(CCCc1cc(Br)cs1)C1CC1. The Morgan fingerprint density at radius 1 is 1.57 bits per heavy atom. The van der Waals surface area contributed by atoms with Gasteiger partial charge in [0.2, 0.25) is 0 Å². The minimum absolute atomic E-state index is 0.435. The standard InChI is InChI=1S/C11H13BrOS/c12-9-6-10(14-7-9)2-1-3-11(13)8-4-5-8/h6-8H,1-5H2. The van der Waals surface area contributed by atoms with Gasteiger partial charge in [0.05, 0.1) is 0 Å². The van der Waals surface area contributed by atoms with Crippen molar-refractivity contribution in [3.63, 3.8) is 0 Å². The molecule has 1 nitrogen and oxygen atoms in total. The van der Waals surface area contributed by atoms with Crippen molar-refractivity contribution in [1.82, 2.24) is 0 Å². The Morgan fingerprint density at radius 2 is 2.36 bits per heavy atom. The van der Waals surface area contributed by atoms with Crippen LogP contribution in [0.5, 0.6) is 0 Å². The number of hydrogen-bond donors (Lipinski definition) is 0. The topological polar surface area (TPSA) is 17.1 Å². The number of thiophene rings is 1. The maximum Gasteiger partial charge on any atom is 0.135 e. The molecule has 14 heavy (non-hydrogen) atoms. The molecule has 1 heterocycles. The van der Waals surface area contributed by atoms with Crippen LogP contribution in [0.3, 0.4) is 0 Å². The zero-order valence-electron chi connectivity index (χ0n) is 7.96. The van der Waals surface area contributed by atoms with E-state index in [2.05, 4.69) is 27.4 Å². The van der Waals surface area contributed by atoms with E-state index in [1.54, 1.807) is 11.3 Å². The van der Waals surface area contributed by atoms with E-state index in [4.69, 9.17) is 0 Å². The molecule has 0 amide bonds. The van der Waals surface area contributed by atoms with Crippen molar-refractivity contribution < 1.29 is 4.79 Å². The van der Waals surface area contributed by atoms with E-state index in [0.717, 1.165) is 36.6 Å². The summed E-state index contributed by atoms with van der Waals surface area (Å²) in [5.74, 6) is 0.922. The van der Waals surface area contributed by atoms with Crippen LogP contribution >= 0.6 is 27.3 Å². The normalized spacial score (nSPS) is 15.8. The van der Waals surface area contributed by atoms with E-state index < -0.39 is 0 Å². The summed E-state index contributed by atoms with van der Waals surface area (Å²) in [6.07, 6.45) is 5.13. The summed E-state index contributed by atoms with van der Waals surface area (Å²) in [5.41, 5.74) is 0. The number of Topliss-reactive ketones (excluding diaryl/α,β-unsaturated/α-hetero) is 1. The van der Waals surface area contributed by atoms with Crippen molar-refractivity contribution in [2.75, 3.05) is 0 Å². The van der Waals surface area contributed by atoms with Gasteiger partial charge in [-0.2, -0.15) is 0 Å². The summed E-state index contributed by atoms with van der Waals surface area (Å²) >= 11 is 5.20. The third-order valence-corrected chi connectivity index (χ3v) is 4.26. The molecule has 3 heteroatoms. The average Bonchev–Trinajstić information content (AvgIpc) is 2.92. The summed E-state index contributed by atoms with van der Waals surface area (Å²) in [5, 5.41) is 2.10. The molecule has 2 rings (SSSR count). The Balaban J connectivity index is 1.69. The second kappa shape index (κ2) is 4.58. The molecule has 1 aromatic rings. The Labute approximate surface area is 96.6 Å². The van der Waals surface area contributed by atoms with Crippen molar-refractivity contribution in [2.45, 2.75) is 32.1 Å². The highest BCUT2D eigenvalue weighted by Gasteiger charge is 2.28. The number of rotatable bonds is 5. The first kappa shape index (κ1) is 10.4. The number of ketones is 1. The van der Waals surface area contributed by atoms with Gasteiger partial charge in [-0.05, 0) is 47.7 Å². The minimum Gasteiger partial charge on any atom is -0.299 e.